The Morgan fingerprint density at radius 1 is 1.00 bits per heavy atom. The van der Waals surface area contributed by atoms with Gasteiger partial charge < -0.3 is 14.5 Å². The Balaban J connectivity index is 1.55. The summed E-state index contributed by atoms with van der Waals surface area (Å²) in [5.41, 5.74) is 2.03. The van der Waals surface area contributed by atoms with Crippen LogP contribution < -0.4 is 10.1 Å². The third-order valence-corrected chi connectivity index (χ3v) is 4.19. The van der Waals surface area contributed by atoms with Crippen molar-refractivity contribution in [2.75, 3.05) is 0 Å². The number of amides is 1. The Hall–Kier alpha value is -3.01. The monoisotopic (exact) mass is 319 g/mol. The fourth-order valence-corrected chi connectivity index (χ4v) is 2.98. The quantitative estimate of drug-likeness (QED) is 0.801. The summed E-state index contributed by atoms with van der Waals surface area (Å²) >= 11 is 0. The molecule has 4 heteroatoms. The molecule has 120 valence electrons. The molecule has 4 nitrogen and oxygen atoms in total. The Labute approximate surface area is 140 Å². The molecule has 0 saturated carbocycles. The molecule has 0 radical (unpaired) electrons. The van der Waals surface area contributed by atoms with E-state index in [9.17, 15) is 4.79 Å². The minimum absolute atomic E-state index is 0.142. The Morgan fingerprint density at radius 2 is 1.79 bits per heavy atom. The molecular weight excluding hydrogens is 302 g/mol. The van der Waals surface area contributed by atoms with Crippen molar-refractivity contribution in [3.63, 3.8) is 0 Å². The van der Waals surface area contributed by atoms with E-state index in [1.165, 1.54) is 0 Å². The molecule has 0 bridgehead atoms. The summed E-state index contributed by atoms with van der Waals surface area (Å²) < 4.78 is 11.3. The summed E-state index contributed by atoms with van der Waals surface area (Å²) in [5, 5.41) is 3.05. The summed E-state index contributed by atoms with van der Waals surface area (Å²) in [5.74, 6) is 1.34. The number of carbonyl (C=O) groups is 1. The number of para-hydroxylation sites is 1. The fourth-order valence-electron chi connectivity index (χ4n) is 2.98. The van der Waals surface area contributed by atoms with Gasteiger partial charge in [-0.15, -0.1) is 0 Å². The second kappa shape index (κ2) is 6.24. The summed E-state index contributed by atoms with van der Waals surface area (Å²) in [6.45, 7) is 0. The van der Waals surface area contributed by atoms with Gasteiger partial charge in [-0.1, -0.05) is 48.5 Å². The topological polar surface area (TPSA) is 51.5 Å². The van der Waals surface area contributed by atoms with Gasteiger partial charge in [0.2, 0.25) is 0 Å². The van der Waals surface area contributed by atoms with Crippen molar-refractivity contribution in [3.05, 3.63) is 89.9 Å². The molecule has 3 aromatic rings. The van der Waals surface area contributed by atoms with E-state index < -0.39 is 6.10 Å². The smallest absolute Gasteiger partial charge is 0.262 e. The molecule has 0 saturated heterocycles. The van der Waals surface area contributed by atoms with E-state index in [-0.39, 0.29) is 11.9 Å². The van der Waals surface area contributed by atoms with Crippen molar-refractivity contribution in [3.8, 4) is 5.75 Å². The van der Waals surface area contributed by atoms with Crippen molar-refractivity contribution >= 4 is 5.91 Å². The molecule has 1 N–H and O–H groups in total. The average molecular weight is 319 g/mol. The van der Waals surface area contributed by atoms with Gasteiger partial charge in [0.25, 0.3) is 5.91 Å². The van der Waals surface area contributed by atoms with Crippen molar-refractivity contribution in [2.45, 2.75) is 18.6 Å². The molecule has 2 aromatic carbocycles. The highest BCUT2D eigenvalue weighted by molar-refractivity contribution is 5.83. The predicted molar refractivity (Wildman–Crippen MR) is 89.7 cm³/mol. The van der Waals surface area contributed by atoms with Crippen LogP contribution in [0, 0.1) is 0 Å². The van der Waals surface area contributed by atoms with E-state index in [0.717, 1.165) is 16.9 Å². The van der Waals surface area contributed by atoms with Crippen LogP contribution in [-0.4, -0.2) is 12.0 Å². The second-order valence-corrected chi connectivity index (χ2v) is 5.79. The summed E-state index contributed by atoms with van der Waals surface area (Å²) in [6.07, 6.45) is 1.68. The van der Waals surface area contributed by atoms with E-state index in [1.807, 2.05) is 66.7 Å². The molecule has 0 aliphatic carbocycles. The summed E-state index contributed by atoms with van der Waals surface area (Å²) in [4.78, 5) is 12.7. The molecule has 1 aliphatic heterocycles. The van der Waals surface area contributed by atoms with Crippen molar-refractivity contribution in [1.29, 1.82) is 0 Å². The normalized spacial score (nSPS) is 16.9. The van der Waals surface area contributed by atoms with Crippen LogP contribution in [0.5, 0.6) is 5.75 Å². The van der Waals surface area contributed by atoms with Crippen LogP contribution in [0.25, 0.3) is 0 Å². The van der Waals surface area contributed by atoms with Gasteiger partial charge in [0.15, 0.2) is 6.10 Å². The molecule has 2 atom stereocenters. The highest BCUT2D eigenvalue weighted by Crippen LogP contribution is 2.29. The molecule has 2 unspecified atom stereocenters. The molecule has 24 heavy (non-hydrogen) atoms. The van der Waals surface area contributed by atoms with E-state index in [2.05, 4.69) is 5.32 Å². The zero-order valence-corrected chi connectivity index (χ0v) is 13.0. The average Bonchev–Trinajstić information content (AvgIpc) is 3.29. The second-order valence-electron chi connectivity index (χ2n) is 5.79. The SMILES string of the molecule is O=C(NC(c1ccccc1)c1ccco1)C1Cc2ccccc2O1. The third kappa shape index (κ3) is 2.78. The predicted octanol–water partition coefficient (Wildman–Crippen LogP) is 3.49. The molecule has 1 amide bonds. The highest BCUT2D eigenvalue weighted by Gasteiger charge is 2.31. The largest absolute Gasteiger partial charge is 0.480 e. The lowest BCUT2D eigenvalue weighted by molar-refractivity contribution is -0.127. The number of ether oxygens (including phenoxy) is 1. The first-order valence-corrected chi connectivity index (χ1v) is 7.94. The zero-order valence-electron chi connectivity index (χ0n) is 13.0. The number of furan rings is 1. The first kappa shape index (κ1) is 14.6. The van der Waals surface area contributed by atoms with Gasteiger partial charge in [-0.2, -0.15) is 0 Å². The number of carbonyl (C=O) groups excluding carboxylic acids is 1. The maximum absolute atomic E-state index is 12.7. The summed E-state index contributed by atoms with van der Waals surface area (Å²) in [6, 6.07) is 20.9. The Morgan fingerprint density at radius 3 is 2.54 bits per heavy atom. The number of rotatable bonds is 4. The number of fused-ring (bicyclic) bond motifs is 1. The standard InChI is InChI=1S/C20H17NO3/c22-20(18-13-15-9-4-5-10-16(15)24-18)21-19(17-11-6-12-23-17)14-7-2-1-3-8-14/h1-12,18-19H,13H2,(H,21,22). The van der Waals surface area contributed by atoms with Crippen LogP contribution in [-0.2, 0) is 11.2 Å². The number of hydrogen-bond donors (Lipinski definition) is 1. The van der Waals surface area contributed by atoms with Crippen molar-refractivity contribution in [2.24, 2.45) is 0 Å². The maximum atomic E-state index is 12.7. The Kier molecular flexibility index (Phi) is 3.79. The van der Waals surface area contributed by atoms with Crippen LogP contribution in [0.4, 0.5) is 0 Å². The molecular formula is C20H17NO3. The van der Waals surface area contributed by atoms with Crippen LogP contribution >= 0.6 is 0 Å². The molecule has 1 aliphatic rings. The van der Waals surface area contributed by atoms with Crippen LogP contribution in [0.15, 0.2) is 77.4 Å². The lowest BCUT2D eigenvalue weighted by Crippen LogP contribution is -2.39. The Bertz CT molecular complexity index is 802. The van der Waals surface area contributed by atoms with E-state index in [1.54, 1.807) is 6.26 Å². The molecule has 4 rings (SSSR count). The van der Waals surface area contributed by atoms with Crippen LogP contribution in [0.2, 0.25) is 0 Å². The lowest BCUT2D eigenvalue weighted by Gasteiger charge is -2.19. The molecule has 1 aromatic heterocycles. The van der Waals surface area contributed by atoms with E-state index >= 15 is 0 Å². The van der Waals surface area contributed by atoms with Crippen LogP contribution in [0.1, 0.15) is 22.9 Å². The summed E-state index contributed by atoms with van der Waals surface area (Å²) in [7, 11) is 0. The van der Waals surface area contributed by atoms with Crippen molar-refractivity contribution in [1.82, 2.24) is 5.32 Å². The molecule has 0 fully saturated rings. The first-order valence-electron chi connectivity index (χ1n) is 7.94. The minimum Gasteiger partial charge on any atom is -0.480 e. The van der Waals surface area contributed by atoms with E-state index in [4.69, 9.17) is 9.15 Å². The highest BCUT2D eigenvalue weighted by atomic mass is 16.5. The first-order chi connectivity index (χ1) is 11.8. The third-order valence-electron chi connectivity index (χ3n) is 4.19. The van der Waals surface area contributed by atoms with Gasteiger partial charge in [-0.25, -0.2) is 0 Å². The zero-order chi connectivity index (χ0) is 16.4. The molecule has 0 spiro atoms. The maximum Gasteiger partial charge on any atom is 0.262 e. The van der Waals surface area contributed by atoms with Gasteiger partial charge in [0.1, 0.15) is 17.6 Å². The van der Waals surface area contributed by atoms with Gasteiger partial charge in [-0.3, -0.25) is 4.79 Å². The van der Waals surface area contributed by atoms with Gasteiger partial charge in [0.05, 0.1) is 6.26 Å². The fraction of sp³-hybridized carbons (Fsp3) is 0.150. The lowest BCUT2D eigenvalue weighted by atomic mass is 10.0. The molecule has 2 heterocycles. The number of nitrogens with one attached hydrogen (secondary N) is 1. The van der Waals surface area contributed by atoms with Crippen LogP contribution in [0.3, 0.4) is 0 Å². The van der Waals surface area contributed by atoms with Gasteiger partial charge >= 0.3 is 0 Å². The minimum atomic E-state index is -0.511. The number of hydrogen-bond acceptors (Lipinski definition) is 3. The van der Waals surface area contributed by atoms with Gasteiger partial charge in [-0.05, 0) is 29.3 Å². The van der Waals surface area contributed by atoms with E-state index in [0.29, 0.717) is 12.2 Å². The number of benzene rings is 2. The van der Waals surface area contributed by atoms with Crippen molar-refractivity contribution < 1.29 is 13.9 Å². The van der Waals surface area contributed by atoms with Gasteiger partial charge in [0, 0.05) is 6.42 Å².